The van der Waals surface area contributed by atoms with E-state index in [4.69, 9.17) is 5.73 Å². The molecule has 0 atom stereocenters. The molecule has 2 radical (unpaired) electrons. The minimum absolute atomic E-state index is 0.0150. The molecule has 1 aromatic rings. The summed E-state index contributed by atoms with van der Waals surface area (Å²) in [7, 11) is 0. The van der Waals surface area contributed by atoms with Gasteiger partial charge in [-0.3, -0.25) is 0 Å². The maximum atomic E-state index is 12.2. The molecule has 72 valence electrons. The normalized spacial score (nSPS) is 8.92. The van der Waals surface area contributed by atoms with Crippen LogP contribution < -0.4 is 4.40 Å². The minimum atomic E-state index is -0.140. The first kappa shape index (κ1) is 13.0. The quantitative estimate of drug-likeness (QED) is 0.586. The predicted octanol–water partition coefficient (Wildman–Crippen LogP) is 1.79. The Bertz CT molecular complexity index is 213. The summed E-state index contributed by atoms with van der Waals surface area (Å²) < 4.78 is 13.5. The SMILES string of the molecule is [CH3][Ge][c]1ccc(F)cc1.[NH-]CC[S-]. The fraction of sp³-hybridized carbons (Fsp3) is 0.333. The molecule has 0 spiro atoms. The van der Waals surface area contributed by atoms with Crippen molar-refractivity contribution in [3.8, 4) is 0 Å². The van der Waals surface area contributed by atoms with E-state index in [0.29, 0.717) is 12.3 Å². The van der Waals surface area contributed by atoms with Gasteiger partial charge in [-0.05, 0) is 0 Å². The van der Waals surface area contributed by atoms with Crippen molar-refractivity contribution in [3.63, 3.8) is 0 Å². The molecule has 0 saturated heterocycles. The molecule has 0 aliphatic carbocycles. The molecule has 4 heteroatoms. The molecule has 0 bridgehead atoms. The van der Waals surface area contributed by atoms with Gasteiger partial charge in [0.25, 0.3) is 0 Å². The van der Waals surface area contributed by atoms with Crippen molar-refractivity contribution in [2.75, 3.05) is 12.3 Å². The van der Waals surface area contributed by atoms with Crippen LogP contribution in [0.2, 0.25) is 5.76 Å². The largest absolute Gasteiger partial charge is 0.794 e. The molecule has 0 fully saturated rings. The number of benzene rings is 1. The monoisotopic (exact) mass is 259 g/mol. The van der Waals surface area contributed by atoms with Crippen molar-refractivity contribution < 1.29 is 4.39 Å². The molecule has 0 heterocycles. The van der Waals surface area contributed by atoms with Crippen LogP contribution in [0.1, 0.15) is 0 Å². The maximum Gasteiger partial charge on any atom is -0.174 e. The van der Waals surface area contributed by atoms with Crippen LogP contribution in [-0.2, 0) is 12.6 Å². The summed E-state index contributed by atoms with van der Waals surface area (Å²) in [4.78, 5) is 0. The Labute approximate surface area is 90.8 Å². The number of hydrogen-bond acceptors (Lipinski definition) is 1. The van der Waals surface area contributed by atoms with E-state index in [-0.39, 0.29) is 21.2 Å². The van der Waals surface area contributed by atoms with Gasteiger partial charge in [0.15, 0.2) is 0 Å². The summed E-state index contributed by atoms with van der Waals surface area (Å²) in [6.07, 6.45) is 0. The average molecular weight is 258 g/mol. The Hall–Kier alpha value is 0.00286. The minimum Gasteiger partial charge on any atom is -0.794 e. The molecule has 0 saturated carbocycles. The van der Waals surface area contributed by atoms with Gasteiger partial charge in [-0.1, -0.05) is 0 Å². The topological polar surface area (TPSA) is 23.8 Å². The molecule has 0 aromatic heterocycles. The second-order valence-corrected chi connectivity index (χ2v) is 4.88. The van der Waals surface area contributed by atoms with Gasteiger partial charge in [-0.15, -0.1) is 0 Å². The second kappa shape index (κ2) is 8.59. The van der Waals surface area contributed by atoms with Crippen molar-refractivity contribution in [2.45, 2.75) is 5.76 Å². The maximum absolute atomic E-state index is 12.2. The van der Waals surface area contributed by atoms with Crippen LogP contribution in [0.4, 0.5) is 4.39 Å². The van der Waals surface area contributed by atoms with E-state index in [2.05, 4.69) is 18.4 Å². The number of hydrogen-bond donors (Lipinski definition) is 0. The van der Waals surface area contributed by atoms with Gasteiger partial charge in [-0.25, -0.2) is 0 Å². The number of halogens is 1. The first-order valence-corrected chi connectivity index (χ1v) is 7.63. The molecule has 0 unspecified atom stereocenters. The van der Waals surface area contributed by atoms with Crippen LogP contribution in [0, 0.1) is 5.82 Å². The summed E-state index contributed by atoms with van der Waals surface area (Å²) in [5.74, 6) is 2.60. The average Bonchev–Trinajstić information content (AvgIpc) is 2.19. The van der Waals surface area contributed by atoms with Gasteiger partial charge in [-0.2, -0.15) is 12.3 Å². The van der Waals surface area contributed by atoms with Crippen LogP contribution in [0.15, 0.2) is 24.3 Å². The molecule has 0 aliphatic heterocycles. The van der Waals surface area contributed by atoms with E-state index in [1.807, 2.05) is 12.1 Å². The van der Waals surface area contributed by atoms with Crippen LogP contribution >= 0.6 is 0 Å². The zero-order valence-electron chi connectivity index (χ0n) is 7.51. The summed E-state index contributed by atoms with van der Waals surface area (Å²) >= 11 is 4.38. The van der Waals surface area contributed by atoms with Crippen molar-refractivity contribution in [2.24, 2.45) is 0 Å². The molecule has 1 rings (SSSR count). The van der Waals surface area contributed by atoms with Crippen molar-refractivity contribution in [3.05, 3.63) is 35.8 Å². The van der Waals surface area contributed by atoms with E-state index >= 15 is 0 Å². The fourth-order valence-corrected chi connectivity index (χ4v) is 1.67. The van der Waals surface area contributed by atoms with E-state index in [0.717, 1.165) is 0 Å². The number of rotatable bonds is 2. The summed E-state index contributed by atoms with van der Waals surface area (Å²) in [5.41, 5.74) is 6.35. The fourth-order valence-electron chi connectivity index (χ4n) is 0.617. The van der Waals surface area contributed by atoms with Crippen molar-refractivity contribution >= 4 is 32.5 Å². The Kier molecular flexibility index (Phi) is 8.60. The Morgan fingerprint density at radius 3 is 2.15 bits per heavy atom. The molecule has 13 heavy (non-hydrogen) atoms. The van der Waals surface area contributed by atoms with Gasteiger partial charge in [0.2, 0.25) is 0 Å². The molecule has 1 N–H and O–H groups in total. The molecule has 1 aromatic carbocycles. The first-order chi connectivity index (χ1) is 6.24. The number of nitrogens with one attached hydrogen (secondary N) is 1. The Balaban J connectivity index is 0.000000310. The molecule has 0 aliphatic rings. The van der Waals surface area contributed by atoms with E-state index < -0.39 is 0 Å². The van der Waals surface area contributed by atoms with Crippen LogP contribution in [0.5, 0.6) is 0 Å². The van der Waals surface area contributed by atoms with Crippen molar-refractivity contribution in [1.29, 1.82) is 0 Å². The van der Waals surface area contributed by atoms with Gasteiger partial charge in [0.05, 0.1) is 0 Å². The third kappa shape index (κ3) is 7.10. The zero-order valence-corrected chi connectivity index (χ0v) is 10.4. The van der Waals surface area contributed by atoms with E-state index in [1.54, 1.807) is 0 Å². The predicted molar refractivity (Wildman–Crippen MR) is 59.1 cm³/mol. The molecular weight excluding hydrogens is 246 g/mol. The first-order valence-electron chi connectivity index (χ1n) is 3.90. The molecule has 0 amide bonds. The van der Waals surface area contributed by atoms with Crippen LogP contribution in [0.3, 0.4) is 0 Å². The molecule has 1 nitrogen and oxygen atoms in total. The second-order valence-electron chi connectivity index (χ2n) is 2.21. The van der Waals surface area contributed by atoms with Gasteiger partial charge in [0, 0.05) is 0 Å². The smallest absolute Gasteiger partial charge is 0.174 e. The van der Waals surface area contributed by atoms with Gasteiger partial charge in [0.1, 0.15) is 0 Å². The third-order valence-electron chi connectivity index (χ3n) is 1.23. The molecular formula is C9H12FGeNS-2. The summed E-state index contributed by atoms with van der Waals surface area (Å²) in [5, 5.41) is 0. The van der Waals surface area contributed by atoms with E-state index in [1.165, 1.54) is 16.5 Å². The van der Waals surface area contributed by atoms with Crippen LogP contribution in [-0.4, -0.2) is 27.7 Å². The van der Waals surface area contributed by atoms with Crippen molar-refractivity contribution in [1.82, 2.24) is 0 Å². The Morgan fingerprint density at radius 2 is 1.85 bits per heavy atom. The zero-order chi connectivity index (χ0) is 10.1. The Morgan fingerprint density at radius 1 is 1.38 bits per heavy atom. The van der Waals surface area contributed by atoms with E-state index in [9.17, 15) is 4.39 Å². The van der Waals surface area contributed by atoms with Gasteiger partial charge >= 0.3 is 60.1 Å². The van der Waals surface area contributed by atoms with Gasteiger partial charge < -0.3 is 18.4 Å². The summed E-state index contributed by atoms with van der Waals surface area (Å²) in [6, 6.07) is 6.75. The summed E-state index contributed by atoms with van der Waals surface area (Å²) in [6.45, 7) is 0.384. The third-order valence-corrected chi connectivity index (χ3v) is 3.35. The van der Waals surface area contributed by atoms with Crippen LogP contribution in [0.25, 0.3) is 5.73 Å². The standard InChI is InChI=1S/C7H7FGe.C2H6NS/c1-9-7-4-2-6(8)3-5-7;3-1-2-4/h2-5H,1H3;3-4H,1-2H2/q;-1/p-1.